The summed E-state index contributed by atoms with van der Waals surface area (Å²) < 4.78 is 5.33. The summed E-state index contributed by atoms with van der Waals surface area (Å²) in [4.78, 5) is 11.9. The number of benzene rings is 1. The summed E-state index contributed by atoms with van der Waals surface area (Å²) in [5.74, 6) is 1.78. The lowest BCUT2D eigenvalue weighted by atomic mass is 10.1. The number of aliphatic hydroxyl groups excluding tert-OH is 1. The van der Waals surface area contributed by atoms with Gasteiger partial charge in [-0.1, -0.05) is 6.07 Å². The van der Waals surface area contributed by atoms with Crippen molar-refractivity contribution in [2.24, 2.45) is 0 Å². The van der Waals surface area contributed by atoms with E-state index in [-0.39, 0.29) is 12.5 Å². The number of fused-ring (bicyclic) bond motifs is 1. The minimum atomic E-state index is -0.0301. The van der Waals surface area contributed by atoms with Gasteiger partial charge in [-0.2, -0.15) is 11.8 Å². The summed E-state index contributed by atoms with van der Waals surface area (Å²) in [6.45, 7) is 2.14. The van der Waals surface area contributed by atoms with Gasteiger partial charge in [-0.3, -0.25) is 4.79 Å². The lowest BCUT2D eigenvalue weighted by Gasteiger charge is -2.06. The van der Waals surface area contributed by atoms with Gasteiger partial charge in [-0.05, 0) is 35.4 Å². The van der Waals surface area contributed by atoms with Crippen molar-refractivity contribution < 1.29 is 14.6 Å². The third-order valence-corrected chi connectivity index (χ3v) is 4.03. The number of carbonyl (C=O) groups excluding carboxylic acids is 1. The number of hydrogen-bond donors (Lipinski definition) is 2. The van der Waals surface area contributed by atoms with Gasteiger partial charge in [0.1, 0.15) is 0 Å². The Bertz CT molecular complexity index is 437. The van der Waals surface area contributed by atoms with Gasteiger partial charge in [0, 0.05) is 24.5 Å². The zero-order valence-electron chi connectivity index (χ0n) is 10.9. The van der Waals surface area contributed by atoms with E-state index in [2.05, 4.69) is 5.32 Å². The standard InChI is InChI=1S/C14H19NO3S/c16-5-1-6-19-7-4-15-14(17)11-2-3-12-9-18-10-13(12)8-11/h2-3,8,16H,1,4-7,9-10H2,(H,15,17). The number of hydrogen-bond acceptors (Lipinski definition) is 4. The van der Waals surface area contributed by atoms with Crippen molar-refractivity contribution >= 4 is 17.7 Å². The van der Waals surface area contributed by atoms with E-state index in [4.69, 9.17) is 9.84 Å². The summed E-state index contributed by atoms with van der Waals surface area (Å²) in [7, 11) is 0. The minimum Gasteiger partial charge on any atom is -0.396 e. The van der Waals surface area contributed by atoms with Crippen LogP contribution >= 0.6 is 11.8 Å². The maximum Gasteiger partial charge on any atom is 0.251 e. The quantitative estimate of drug-likeness (QED) is 0.745. The second-order valence-electron chi connectivity index (χ2n) is 4.42. The molecule has 0 spiro atoms. The Morgan fingerprint density at radius 1 is 1.32 bits per heavy atom. The topological polar surface area (TPSA) is 58.6 Å². The molecule has 0 fully saturated rings. The molecule has 0 aromatic heterocycles. The zero-order valence-corrected chi connectivity index (χ0v) is 11.7. The molecule has 0 saturated heterocycles. The van der Waals surface area contributed by atoms with Crippen LogP contribution in [0.4, 0.5) is 0 Å². The van der Waals surface area contributed by atoms with Crippen molar-refractivity contribution in [1.29, 1.82) is 0 Å². The average Bonchev–Trinajstić information content (AvgIpc) is 2.89. The fraction of sp³-hybridized carbons (Fsp3) is 0.500. The van der Waals surface area contributed by atoms with Crippen LogP contribution < -0.4 is 5.32 Å². The van der Waals surface area contributed by atoms with Gasteiger partial charge < -0.3 is 15.2 Å². The Hall–Kier alpha value is -1.04. The lowest BCUT2D eigenvalue weighted by molar-refractivity contribution is 0.0956. The molecule has 2 rings (SSSR count). The summed E-state index contributed by atoms with van der Waals surface area (Å²) in [6, 6.07) is 5.73. The van der Waals surface area contributed by atoms with E-state index in [9.17, 15) is 4.79 Å². The first-order valence-electron chi connectivity index (χ1n) is 6.47. The molecule has 104 valence electrons. The molecule has 2 N–H and O–H groups in total. The van der Waals surface area contributed by atoms with E-state index < -0.39 is 0 Å². The van der Waals surface area contributed by atoms with Crippen molar-refractivity contribution in [1.82, 2.24) is 5.32 Å². The molecule has 1 aliphatic heterocycles. The molecular formula is C14H19NO3S. The summed E-state index contributed by atoms with van der Waals surface area (Å²) in [5.41, 5.74) is 2.99. The second-order valence-corrected chi connectivity index (χ2v) is 5.65. The molecule has 0 saturated carbocycles. The van der Waals surface area contributed by atoms with Crippen LogP contribution in [0.25, 0.3) is 0 Å². The van der Waals surface area contributed by atoms with Crippen LogP contribution in [0.15, 0.2) is 18.2 Å². The highest BCUT2D eigenvalue weighted by molar-refractivity contribution is 7.99. The molecule has 0 aliphatic carbocycles. The molecule has 1 heterocycles. The fourth-order valence-corrected chi connectivity index (χ4v) is 2.70. The van der Waals surface area contributed by atoms with Crippen LogP contribution in [0.5, 0.6) is 0 Å². The van der Waals surface area contributed by atoms with E-state index in [0.29, 0.717) is 25.3 Å². The molecule has 0 unspecified atom stereocenters. The van der Waals surface area contributed by atoms with Gasteiger partial charge in [-0.25, -0.2) is 0 Å². The van der Waals surface area contributed by atoms with Gasteiger partial charge in [-0.15, -0.1) is 0 Å². The van der Waals surface area contributed by atoms with Gasteiger partial charge in [0.15, 0.2) is 0 Å². The van der Waals surface area contributed by atoms with Gasteiger partial charge in [0.05, 0.1) is 13.2 Å². The largest absolute Gasteiger partial charge is 0.396 e. The zero-order chi connectivity index (χ0) is 13.5. The van der Waals surface area contributed by atoms with Crippen LogP contribution in [-0.2, 0) is 18.0 Å². The van der Waals surface area contributed by atoms with E-state index in [1.165, 1.54) is 5.56 Å². The molecule has 1 aliphatic rings. The Morgan fingerprint density at radius 3 is 3.00 bits per heavy atom. The highest BCUT2D eigenvalue weighted by Crippen LogP contribution is 2.20. The molecular weight excluding hydrogens is 262 g/mol. The Balaban J connectivity index is 1.74. The van der Waals surface area contributed by atoms with Crippen molar-refractivity contribution in [2.45, 2.75) is 19.6 Å². The van der Waals surface area contributed by atoms with Gasteiger partial charge >= 0.3 is 0 Å². The van der Waals surface area contributed by atoms with Gasteiger partial charge in [0.25, 0.3) is 5.91 Å². The third kappa shape index (κ3) is 4.23. The van der Waals surface area contributed by atoms with Crippen LogP contribution in [-0.4, -0.2) is 35.7 Å². The van der Waals surface area contributed by atoms with Crippen LogP contribution in [0.2, 0.25) is 0 Å². The highest BCUT2D eigenvalue weighted by atomic mass is 32.2. The monoisotopic (exact) mass is 281 g/mol. The van der Waals surface area contributed by atoms with Crippen molar-refractivity contribution in [3.05, 3.63) is 34.9 Å². The Labute approximate surface area is 117 Å². The number of aliphatic hydroxyl groups is 1. The fourth-order valence-electron chi connectivity index (χ4n) is 1.92. The van der Waals surface area contributed by atoms with E-state index >= 15 is 0 Å². The SMILES string of the molecule is O=C(NCCSCCCO)c1ccc2c(c1)COC2. The highest BCUT2D eigenvalue weighted by Gasteiger charge is 2.13. The first kappa shape index (κ1) is 14.4. The number of ether oxygens (including phenoxy) is 1. The minimum absolute atomic E-state index is 0.0301. The number of rotatable bonds is 7. The van der Waals surface area contributed by atoms with Crippen molar-refractivity contribution in [2.75, 3.05) is 24.7 Å². The number of carbonyl (C=O) groups is 1. The first-order chi connectivity index (χ1) is 9.31. The molecule has 0 atom stereocenters. The predicted octanol–water partition coefficient (Wildman–Crippen LogP) is 1.56. The summed E-state index contributed by atoms with van der Waals surface area (Å²) in [6.07, 6.45) is 0.809. The Kier molecular flexibility index (Phi) is 5.69. The maximum atomic E-state index is 11.9. The summed E-state index contributed by atoms with van der Waals surface area (Å²) in [5, 5.41) is 11.5. The molecule has 1 amide bonds. The Morgan fingerprint density at radius 2 is 2.16 bits per heavy atom. The molecule has 0 radical (unpaired) electrons. The molecule has 4 nitrogen and oxygen atoms in total. The smallest absolute Gasteiger partial charge is 0.251 e. The number of amides is 1. The molecule has 5 heteroatoms. The van der Waals surface area contributed by atoms with Crippen LogP contribution in [0.3, 0.4) is 0 Å². The van der Waals surface area contributed by atoms with Gasteiger partial charge in [0.2, 0.25) is 0 Å². The average molecular weight is 281 g/mol. The molecule has 0 bridgehead atoms. The van der Waals surface area contributed by atoms with Crippen molar-refractivity contribution in [3.63, 3.8) is 0 Å². The normalized spacial score (nSPS) is 13.3. The van der Waals surface area contributed by atoms with E-state index in [1.807, 2.05) is 18.2 Å². The van der Waals surface area contributed by atoms with E-state index in [0.717, 1.165) is 23.5 Å². The van der Waals surface area contributed by atoms with Crippen molar-refractivity contribution in [3.8, 4) is 0 Å². The molecule has 19 heavy (non-hydrogen) atoms. The number of thioether (sulfide) groups is 1. The third-order valence-electron chi connectivity index (χ3n) is 2.96. The molecule has 1 aromatic rings. The maximum absolute atomic E-state index is 11.9. The van der Waals surface area contributed by atoms with Crippen LogP contribution in [0, 0.1) is 0 Å². The van der Waals surface area contributed by atoms with Crippen LogP contribution in [0.1, 0.15) is 27.9 Å². The number of nitrogens with one attached hydrogen (secondary N) is 1. The summed E-state index contributed by atoms with van der Waals surface area (Å²) >= 11 is 1.74. The van der Waals surface area contributed by atoms with E-state index in [1.54, 1.807) is 11.8 Å². The predicted molar refractivity (Wildman–Crippen MR) is 76.3 cm³/mol. The second kappa shape index (κ2) is 7.53. The molecule has 1 aromatic carbocycles. The first-order valence-corrected chi connectivity index (χ1v) is 7.63. The lowest BCUT2D eigenvalue weighted by Crippen LogP contribution is -2.25.